The minimum absolute atomic E-state index is 0.0675. The van der Waals surface area contributed by atoms with E-state index in [1.165, 1.54) is 6.08 Å². The predicted octanol–water partition coefficient (Wildman–Crippen LogP) is -1.33. The van der Waals surface area contributed by atoms with Gasteiger partial charge in [0.25, 0.3) is 0 Å². The van der Waals surface area contributed by atoms with Crippen LogP contribution in [0.4, 0.5) is 0 Å². The number of rotatable bonds is 6. The molecule has 0 radical (unpaired) electrons. The van der Waals surface area contributed by atoms with Gasteiger partial charge in [0.1, 0.15) is 0 Å². The first-order valence-electron chi connectivity index (χ1n) is 8.53. The van der Waals surface area contributed by atoms with E-state index in [1.54, 1.807) is 12.2 Å². The van der Waals surface area contributed by atoms with Crippen LogP contribution in [0.1, 0.15) is 12.8 Å². The summed E-state index contributed by atoms with van der Waals surface area (Å²) in [4.78, 5) is 38.3. The summed E-state index contributed by atoms with van der Waals surface area (Å²) in [6.45, 7) is 2.78. The molecular formula is C17H24N4O4. The Hall–Kier alpha value is -2.19. The van der Waals surface area contributed by atoms with Crippen LogP contribution in [-0.4, -0.2) is 61.0 Å². The standard InChI is InChI=1S/C17H24N4O4/c18-15(23)11-1-4-13(16(19)24)17(9-11,12-2-3-12)20-14(22)10-21-5-7-25-8-6-21/h1,4,9,12-13H,2-3,5-8,10H2,(H2,18,23)(H2,19,24)(H,20,22). The Morgan fingerprint density at radius 3 is 2.48 bits per heavy atom. The van der Waals surface area contributed by atoms with E-state index in [1.807, 2.05) is 4.90 Å². The lowest BCUT2D eigenvalue weighted by Gasteiger charge is -2.40. The van der Waals surface area contributed by atoms with Gasteiger partial charge in [0.05, 0.1) is 31.2 Å². The average molecular weight is 348 g/mol. The lowest BCUT2D eigenvalue weighted by Crippen LogP contribution is -2.60. The van der Waals surface area contributed by atoms with Gasteiger partial charge in [-0.05, 0) is 24.8 Å². The fourth-order valence-electron chi connectivity index (χ4n) is 3.63. The molecule has 3 rings (SSSR count). The number of amides is 3. The van der Waals surface area contributed by atoms with E-state index in [0.717, 1.165) is 12.8 Å². The molecule has 1 saturated carbocycles. The first kappa shape index (κ1) is 17.6. The molecule has 0 aromatic heterocycles. The van der Waals surface area contributed by atoms with Crippen LogP contribution in [0.2, 0.25) is 0 Å². The third kappa shape index (κ3) is 3.74. The van der Waals surface area contributed by atoms with E-state index < -0.39 is 23.3 Å². The monoisotopic (exact) mass is 348 g/mol. The molecule has 0 spiro atoms. The molecule has 25 heavy (non-hydrogen) atoms. The van der Waals surface area contributed by atoms with Crippen molar-refractivity contribution < 1.29 is 19.1 Å². The molecule has 2 aliphatic carbocycles. The van der Waals surface area contributed by atoms with Crippen LogP contribution in [0, 0.1) is 11.8 Å². The van der Waals surface area contributed by atoms with Crippen LogP contribution >= 0.6 is 0 Å². The number of nitrogens with zero attached hydrogens (tertiary/aromatic N) is 1. The highest BCUT2D eigenvalue weighted by Crippen LogP contribution is 2.47. The largest absolute Gasteiger partial charge is 0.379 e. The molecular weight excluding hydrogens is 324 g/mol. The highest BCUT2D eigenvalue weighted by molar-refractivity contribution is 5.97. The molecule has 3 amide bonds. The van der Waals surface area contributed by atoms with Crippen molar-refractivity contribution in [2.24, 2.45) is 23.3 Å². The van der Waals surface area contributed by atoms with E-state index in [2.05, 4.69) is 5.32 Å². The number of carbonyl (C=O) groups is 3. The van der Waals surface area contributed by atoms with Gasteiger partial charge in [-0.2, -0.15) is 0 Å². The van der Waals surface area contributed by atoms with Crippen molar-refractivity contribution >= 4 is 17.7 Å². The van der Waals surface area contributed by atoms with Gasteiger partial charge in [-0.25, -0.2) is 0 Å². The summed E-state index contributed by atoms with van der Waals surface area (Å²) in [5.41, 5.74) is 10.3. The van der Waals surface area contributed by atoms with Crippen LogP contribution in [0.15, 0.2) is 23.8 Å². The topological polar surface area (TPSA) is 128 Å². The maximum absolute atomic E-state index is 12.6. The van der Waals surface area contributed by atoms with Crippen molar-refractivity contribution in [2.45, 2.75) is 18.4 Å². The van der Waals surface area contributed by atoms with Crippen molar-refractivity contribution in [3.63, 3.8) is 0 Å². The van der Waals surface area contributed by atoms with Crippen molar-refractivity contribution in [3.8, 4) is 0 Å². The summed E-state index contributed by atoms with van der Waals surface area (Å²) < 4.78 is 5.28. The highest BCUT2D eigenvalue weighted by atomic mass is 16.5. The summed E-state index contributed by atoms with van der Waals surface area (Å²) in [7, 11) is 0. The third-order valence-electron chi connectivity index (χ3n) is 5.05. The number of nitrogens with two attached hydrogens (primary N) is 2. The van der Waals surface area contributed by atoms with E-state index in [9.17, 15) is 14.4 Å². The smallest absolute Gasteiger partial charge is 0.248 e. The molecule has 0 aromatic rings. The quantitative estimate of drug-likeness (QED) is 0.548. The van der Waals surface area contributed by atoms with Gasteiger partial charge in [0.2, 0.25) is 17.7 Å². The van der Waals surface area contributed by atoms with Gasteiger partial charge >= 0.3 is 0 Å². The Kier molecular flexibility index (Phi) is 4.91. The fraction of sp³-hybridized carbons (Fsp3) is 0.588. The summed E-state index contributed by atoms with van der Waals surface area (Å²) in [6, 6.07) is 0. The molecule has 2 fully saturated rings. The molecule has 8 heteroatoms. The first-order chi connectivity index (χ1) is 11.9. The predicted molar refractivity (Wildman–Crippen MR) is 90.0 cm³/mol. The van der Waals surface area contributed by atoms with Gasteiger partial charge in [0, 0.05) is 18.7 Å². The summed E-state index contributed by atoms with van der Waals surface area (Å²) in [5, 5.41) is 3.00. The van der Waals surface area contributed by atoms with Crippen LogP contribution in [0.25, 0.3) is 0 Å². The number of morpholine rings is 1. The average Bonchev–Trinajstić information content (AvgIpc) is 3.40. The second kappa shape index (κ2) is 6.97. The Balaban J connectivity index is 1.83. The zero-order valence-corrected chi connectivity index (χ0v) is 14.1. The van der Waals surface area contributed by atoms with Gasteiger partial charge in [-0.15, -0.1) is 0 Å². The van der Waals surface area contributed by atoms with Crippen LogP contribution in [-0.2, 0) is 19.1 Å². The molecule has 5 N–H and O–H groups in total. The maximum atomic E-state index is 12.6. The molecule has 1 aliphatic heterocycles. The number of primary amides is 2. The first-order valence-corrected chi connectivity index (χ1v) is 8.53. The molecule has 1 saturated heterocycles. The minimum atomic E-state index is -0.978. The Morgan fingerprint density at radius 1 is 1.24 bits per heavy atom. The van der Waals surface area contributed by atoms with E-state index >= 15 is 0 Å². The molecule has 3 aliphatic rings. The molecule has 8 nitrogen and oxygen atoms in total. The van der Waals surface area contributed by atoms with Gasteiger partial charge in [0.15, 0.2) is 0 Å². The Labute approximate surface area is 146 Å². The lowest BCUT2D eigenvalue weighted by molar-refractivity contribution is -0.128. The molecule has 0 aromatic carbocycles. The summed E-state index contributed by atoms with van der Waals surface area (Å²) in [6.07, 6.45) is 6.43. The SMILES string of the molecule is NC(=O)C1=CC(NC(=O)CN2CCOCC2)(C2CC2)C(C(N)=O)C=C1. The van der Waals surface area contributed by atoms with Gasteiger partial charge in [-0.1, -0.05) is 12.2 Å². The molecule has 1 heterocycles. The van der Waals surface area contributed by atoms with Crippen LogP contribution in [0.3, 0.4) is 0 Å². The van der Waals surface area contributed by atoms with E-state index in [-0.39, 0.29) is 23.9 Å². The Bertz CT molecular complexity index is 635. The van der Waals surface area contributed by atoms with E-state index in [4.69, 9.17) is 16.2 Å². The summed E-state index contributed by atoms with van der Waals surface area (Å²) >= 11 is 0. The fourth-order valence-corrected chi connectivity index (χ4v) is 3.63. The Morgan fingerprint density at radius 2 is 1.92 bits per heavy atom. The van der Waals surface area contributed by atoms with E-state index in [0.29, 0.717) is 26.3 Å². The van der Waals surface area contributed by atoms with Crippen molar-refractivity contribution in [2.75, 3.05) is 32.8 Å². The highest BCUT2D eigenvalue weighted by Gasteiger charge is 2.52. The van der Waals surface area contributed by atoms with Crippen LogP contribution < -0.4 is 16.8 Å². The zero-order chi connectivity index (χ0) is 18.0. The second-order valence-electron chi connectivity index (χ2n) is 6.85. The lowest BCUT2D eigenvalue weighted by atomic mass is 9.74. The molecule has 2 unspecified atom stereocenters. The number of nitrogens with one attached hydrogen (secondary N) is 1. The summed E-state index contributed by atoms with van der Waals surface area (Å²) in [5.74, 6) is -1.95. The van der Waals surface area contributed by atoms with Gasteiger partial charge in [-0.3, -0.25) is 19.3 Å². The van der Waals surface area contributed by atoms with Crippen molar-refractivity contribution in [1.82, 2.24) is 10.2 Å². The number of hydrogen-bond acceptors (Lipinski definition) is 5. The third-order valence-corrected chi connectivity index (χ3v) is 5.05. The molecule has 2 atom stereocenters. The van der Waals surface area contributed by atoms with Crippen molar-refractivity contribution in [3.05, 3.63) is 23.8 Å². The molecule has 136 valence electrons. The normalized spacial score (nSPS) is 29.8. The zero-order valence-electron chi connectivity index (χ0n) is 14.1. The second-order valence-corrected chi connectivity index (χ2v) is 6.85. The van der Waals surface area contributed by atoms with Crippen LogP contribution in [0.5, 0.6) is 0 Å². The van der Waals surface area contributed by atoms with Gasteiger partial charge < -0.3 is 21.5 Å². The number of carbonyl (C=O) groups excluding carboxylic acids is 3. The van der Waals surface area contributed by atoms with Crippen molar-refractivity contribution in [1.29, 1.82) is 0 Å². The minimum Gasteiger partial charge on any atom is -0.379 e. The molecule has 0 bridgehead atoms. The maximum Gasteiger partial charge on any atom is 0.248 e. The number of ether oxygens (including phenoxy) is 1. The number of hydrogen-bond donors (Lipinski definition) is 3.